The number of nitrogens with one attached hydrogen (secondary N) is 3. The fourth-order valence-electron chi connectivity index (χ4n) is 6.45. The van der Waals surface area contributed by atoms with Crippen LogP contribution in [0.25, 0.3) is 10.9 Å². The summed E-state index contributed by atoms with van der Waals surface area (Å²) in [6, 6.07) is 5.55. The summed E-state index contributed by atoms with van der Waals surface area (Å²) in [5, 5.41) is 16.0. The molecule has 4 N–H and O–H groups in total. The van der Waals surface area contributed by atoms with E-state index in [2.05, 4.69) is 15.6 Å². The molecule has 37 heavy (non-hydrogen) atoms. The van der Waals surface area contributed by atoms with E-state index < -0.39 is 36.3 Å². The Labute approximate surface area is 215 Å². The van der Waals surface area contributed by atoms with Crippen LogP contribution in [0.2, 0.25) is 0 Å². The Morgan fingerprint density at radius 2 is 2.08 bits per heavy atom. The third-order valence-electron chi connectivity index (χ3n) is 8.47. The smallest absolute Gasteiger partial charge is 0.271 e. The van der Waals surface area contributed by atoms with E-state index in [4.69, 9.17) is 4.74 Å². The fraction of sp³-hybridized carbons (Fsp3) is 0.556. The minimum absolute atomic E-state index is 0.00134. The molecule has 0 spiro atoms. The summed E-state index contributed by atoms with van der Waals surface area (Å²) in [5.41, 5.74) is 1.14. The van der Waals surface area contributed by atoms with Gasteiger partial charge in [-0.1, -0.05) is 19.4 Å². The number of aliphatic hydroxyl groups excluding tert-OH is 1. The van der Waals surface area contributed by atoms with Crippen LogP contribution in [0.5, 0.6) is 5.75 Å². The van der Waals surface area contributed by atoms with E-state index in [1.54, 1.807) is 18.1 Å². The summed E-state index contributed by atoms with van der Waals surface area (Å²) in [7, 11) is 1.57. The number of nitrogens with zero attached hydrogens (tertiary/aromatic N) is 1. The first kappa shape index (κ1) is 25.3. The molecule has 3 aliphatic rings. The lowest BCUT2D eigenvalue weighted by Gasteiger charge is -2.29. The predicted molar refractivity (Wildman–Crippen MR) is 135 cm³/mol. The number of aliphatic hydroxyl groups is 1. The van der Waals surface area contributed by atoms with Crippen LogP contribution in [0.4, 0.5) is 0 Å². The van der Waals surface area contributed by atoms with Crippen LogP contribution in [0, 0.1) is 23.7 Å². The maximum absolute atomic E-state index is 13.7. The lowest BCUT2D eigenvalue weighted by Crippen LogP contribution is -2.54. The zero-order valence-corrected chi connectivity index (χ0v) is 21.2. The van der Waals surface area contributed by atoms with Gasteiger partial charge < -0.3 is 30.4 Å². The Kier molecular flexibility index (Phi) is 6.94. The van der Waals surface area contributed by atoms with Gasteiger partial charge >= 0.3 is 0 Å². The lowest BCUT2D eigenvalue weighted by molar-refractivity contribution is -0.133. The molecule has 3 fully saturated rings. The van der Waals surface area contributed by atoms with Gasteiger partial charge in [0.15, 0.2) is 5.78 Å². The first-order valence-electron chi connectivity index (χ1n) is 13.0. The molecule has 5 rings (SSSR count). The van der Waals surface area contributed by atoms with Crippen molar-refractivity contribution >= 4 is 34.4 Å². The molecule has 6 atom stereocenters. The number of amides is 3. The van der Waals surface area contributed by atoms with Crippen LogP contribution in [0.15, 0.2) is 24.3 Å². The average molecular weight is 511 g/mol. The number of aromatic nitrogens is 1. The third-order valence-corrected chi connectivity index (χ3v) is 8.47. The predicted octanol–water partition coefficient (Wildman–Crippen LogP) is 1.24. The number of hydrogen-bond donors (Lipinski definition) is 4. The minimum Gasteiger partial charge on any atom is -0.496 e. The summed E-state index contributed by atoms with van der Waals surface area (Å²) >= 11 is 0. The molecule has 0 radical (unpaired) electrons. The van der Waals surface area contributed by atoms with Gasteiger partial charge in [-0.2, -0.15) is 0 Å². The maximum Gasteiger partial charge on any atom is 0.271 e. The van der Waals surface area contributed by atoms with Gasteiger partial charge in [-0.3, -0.25) is 19.2 Å². The summed E-state index contributed by atoms with van der Waals surface area (Å²) < 4.78 is 5.42. The molecule has 1 aromatic carbocycles. The van der Waals surface area contributed by atoms with E-state index in [0.717, 1.165) is 30.2 Å². The molecule has 0 unspecified atom stereocenters. The van der Waals surface area contributed by atoms with Crippen molar-refractivity contribution in [2.75, 3.05) is 26.8 Å². The number of rotatable bonds is 8. The molecule has 1 aliphatic carbocycles. The second-order valence-electron chi connectivity index (χ2n) is 10.6. The average Bonchev–Trinajstić information content (AvgIpc) is 3.67. The molecule has 10 nitrogen and oxygen atoms in total. The fourth-order valence-corrected chi connectivity index (χ4v) is 6.45. The van der Waals surface area contributed by atoms with E-state index in [0.29, 0.717) is 24.5 Å². The Morgan fingerprint density at radius 3 is 2.78 bits per heavy atom. The number of hydrogen-bond acceptors (Lipinski definition) is 6. The normalized spacial score (nSPS) is 27.7. The molecule has 10 heteroatoms. The van der Waals surface area contributed by atoms with E-state index in [9.17, 15) is 24.3 Å². The van der Waals surface area contributed by atoms with Crippen molar-refractivity contribution in [3.8, 4) is 5.75 Å². The molecule has 1 aromatic heterocycles. The molecule has 2 saturated heterocycles. The Balaban J connectivity index is 1.40. The molecule has 3 heterocycles. The Morgan fingerprint density at radius 1 is 1.27 bits per heavy atom. The van der Waals surface area contributed by atoms with Gasteiger partial charge in [-0.05, 0) is 55.2 Å². The highest BCUT2D eigenvalue weighted by Crippen LogP contribution is 2.43. The molecule has 2 aromatic rings. The summed E-state index contributed by atoms with van der Waals surface area (Å²) in [6.45, 7) is 2.17. The molecule has 2 aliphatic heterocycles. The number of ether oxygens (including phenoxy) is 1. The van der Waals surface area contributed by atoms with Crippen molar-refractivity contribution in [3.63, 3.8) is 0 Å². The number of H-pyrrole nitrogens is 1. The first-order chi connectivity index (χ1) is 17.8. The van der Waals surface area contributed by atoms with Gasteiger partial charge in [0.05, 0.1) is 13.2 Å². The van der Waals surface area contributed by atoms with Crippen LogP contribution in [-0.4, -0.2) is 77.4 Å². The van der Waals surface area contributed by atoms with Crippen molar-refractivity contribution in [2.45, 2.75) is 44.7 Å². The summed E-state index contributed by atoms with van der Waals surface area (Å²) in [4.78, 5) is 57.1. The maximum atomic E-state index is 13.7. The van der Waals surface area contributed by atoms with Crippen molar-refractivity contribution in [1.29, 1.82) is 0 Å². The number of aromatic amines is 1. The topological polar surface area (TPSA) is 141 Å². The molecular formula is C27H34N4O6. The molecule has 0 bridgehead atoms. The first-order valence-corrected chi connectivity index (χ1v) is 13.0. The molecular weight excluding hydrogens is 476 g/mol. The monoisotopic (exact) mass is 510 g/mol. The van der Waals surface area contributed by atoms with Gasteiger partial charge in [0, 0.05) is 29.9 Å². The standard InChI is InChI=1S/C27H34N4O6/c1-14-11-28-25(34)17(14)9-20(22(33)13-32)30-26(35)24-16-6-3-5-15(16)12-31(24)27(36)21-10-18-19(29-21)7-4-8-23(18)37-2/h4,7-8,10,14-17,20,24,29,32H,3,5-6,9,11-13H2,1-2H3,(H,28,34)(H,30,35)/t14-,15-,16-,17+,20-,24-/m0/s1. The largest absolute Gasteiger partial charge is 0.496 e. The Bertz CT molecular complexity index is 1220. The molecule has 198 valence electrons. The van der Waals surface area contributed by atoms with Gasteiger partial charge in [-0.15, -0.1) is 0 Å². The van der Waals surface area contributed by atoms with Crippen LogP contribution >= 0.6 is 0 Å². The van der Waals surface area contributed by atoms with Crippen molar-refractivity contribution in [1.82, 2.24) is 20.5 Å². The number of fused-ring (bicyclic) bond motifs is 2. The van der Waals surface area contributed by atoms with Gasteiger partial charge in [0.1, 0.15) is 24.1 Å². The number of likely N-dealkylation sites (tertiary alicyclic amines) is 1. The van der Waals surface area contributed by atoms with E-state index >= 15 is 0 Å². The van der Waals surface area contributed by atoms with E-state index in [-0.39, 0.29) is 36.0 Å². The van der Waals surface area contributed by atoms with Gasteiger partial charge in [-0.25, -0.2) is 0 Å². The summed E-state index contributed by atoms with van der Waals surface area (Å²) in [5.74, 6) is -0.926. The van der Waals surface area contributed by atoms with Crippen molar-refractivity contribution < 1.29 is 29.0 Å². The molecule has 3 amide bonds. The SMILES string of the molecule is COc1cccc2[nH]c(C(=O)N3C[C@@H]4CCC[C@@H]4[C@H]3C(=O)N[C@@H](C[C@H]3C(=O)NC[C@@H]3C)C(=O)CO)cc12. The molecule has 1 saturated carbocycles. The van der Waals surface area contributed by atoms with Crippen molar-refractivity contribution in [3.05, 3.63) is 30.0 Å². The van der Waals surface area contributed by atoms with Gasteiger partial charge in [0.25, 0.3) is 5.91 Å². The van der Waals surface area contributed by atoms with E-state index in [1.807, 2.05) is 25.1 Å². The second kappa shape index (κ2) is 10.2. The van der Waals surface area contributed by atoms with Crippen molar-refractivity contribution in [2.24, 2.45) is 23.7 Å². The zero-order valence-electron chi connectivity index (χ0n) is 21.2. The number of methoxy groups -OCH3 is 1. The highest BCUT2D eigenvalue weighted by molar-refractivity contribution is 6.02. The van der Waals surface area contributed by atoms with Gasteiger partial charge in [0.2, 0.25) is 11.8 Å². The highest BCUT2D eigenvalue weighted by Gasteiger charge is 2.50. The van der Waals surface area contributed by atoms with Crippen LogP contribution in [0.1, 0.15) is 43.1 Å². The zero-order chi connectivity index (χ0) is 26.3. The number of ketones is 1. The number of benzene rings is 1. The minimum atomic E-state index is -0.997. The van der Waals surface area contributed by atoms with Crippen LogP contribution in [0.3, 0.4) is 0 Å². The summed E-state index contributed by atoms with van der Waals surface area (Å²) in [6.07, 6.45) is 2.88. The number of carbonyl (C=O) groups excluding carboxylic acids is 4. The second-order valence-corrected chi connectivity index (χ2v) is 10.6. The number of carbonyl (C=O) groups is 4. The lowest BCUT2D eigenvalue weighted by atomic mass is 9.88. The van der Waals surface area contributed by atoms with Crippen LogP contribution in [-0.2, 0) is 14.4 Å². The van der Waals surface area contributed by atoms with Crippen LogP contribution < -0.4 is 15.4 Å². The van der Waals surface area contributed by atoms with E-state index in [1.165, 1.54) is 0 Å². The third kappa shape index (κ3) is 4.58. The number of Topliss-reactive ketones (excluding diaryl/α,β-unsaturated/α-hetero) is 1. The Hall–Kier alpha value is -3.40. The highest BCUT2D eigenvalue weighted by atomic mass is 16.5. The quantitative estimate of drug-likeness (QED) is 0.421.